The summed E-state index contributed by atoms with van der Waals surface area (Å²) in [4.78, 5) is 3.27. The van der Waals surface area contributed by atoms with Crippen LogP contribution in [-0.4, -0.2) is 8.42 Å². The molecular weight excluding hydrogens is 336 g/mol. The maximum atomic E-state index is 12.4. The Hall–Kier alpha value is -1.68. The fourth-order valence-electron chi connectivity index (χ4n) is 1.39. The summed E-state index contributed by atoms with van der Waals surface area (Å²) >= 11 is -4.26. The molecule has 5 nitrogen and oxygen atoms in total. The molecule has 0 amide bonds. The minimum absolute atomic E-state index is 0.116. The molecule has 118 valence electrons. The quantitative estimate of drug-likeness (QED) is 0.718. The summed E-state index contributed by atoms with van der Waals surface area (Å²) in [6, 6.07) is 12.9. The number of halogens is 2. The van der Waals surface area contributed by atoms with Gasteiger partial charge in [0.25, 0.3) is 6.43 Å². The van der Waals surface area contributed by atoms with Gasteiger partial charge in [-0.15, -0.1) is 0 Å². The van der Waals surface area contributed by atoms with E-state index >= 15 is 0 Å². The zero-order chi connectivity index (χ0) is 15.9. The highest BCUT2D eigenvalue weighted by molar-refractivity contribution is 7.85. The van der Waals surface area contributed by atoms with Crippen molar-refractivity contribution in [2.24, 2.45) is 0 Å². The van der Waals surface area contributed by atoms with Gasteiger partial charge in [0.1, 0.15) is 17.0 Å². The van der Waals surface area contributed by atoms with Gasteiger partial charge in [0.15, 0.2) is 11.1 Å². The Kier molecular flexibility index (Phi) is 6.13. The van der Waals surface area contributed by atoms with Crippen LogP contribution in [0.5, 0.6) is 5.75 Å². The summed E-state index contributed by atoms with van der Waals surface area (Å²) in [7, 11) is 0. The standard InChI is InChI=1S/C13H10F2NO4S2/c14-13(15)10-6-8-12(9-7-10)21(17)20-16-22(18)19-11-4-2-1-3-5-11/h1-9,13H/q-1. The van der Waals surface area contributed by atoms with Crippen molar-refractivity contribution in [2.75, 3.05) is 0 Å². The summed E-state index contributed by atoms with van der Waals surface area (Å²) in [6.45, 7) is 0. The molecule has 2 unspecified atom stereocenters. The molecule has 0 heterocycles. The highest BCUT2D eigenvalue weighted by Crippen LogP contribution is 2.21. The smallest absolute Gasteiger partial charge is 0.263 e. The minimum atomic E-state index is -2.61. The van der Waals surface area contributed by atoms with E-state index < -0.39 is 28.8 Å². The zero-order valence-corrected chi connectivity index (χ0v) is 12.6. The maximum Gasteiger partial charge on any atom is 0.263 e. The molecule has 9 heteroatoms. The van der Waals surface area contributed by atoms with E-state index in [-0.39, 0.29) is 10.5 Å². The molecule has 0 saturated carbocycles. The lowest BCUT2D eigenvalue weighted by Crippen LogP contribution is -2.02. The zero-order valence-electron chi connectivity index (χ0n) is 10.9. The number of alkyl halides is 2. The van der Waals surface area contributed by atoms with Crippen LogP contribution >= 0.6 is 0 Å². The molecule has 0 aliphatic carbocycles. The third-order valence-corrected chi connectivity index (χ3v) is 3.89. The van der Waals surface area contributed by atoms with Gasteiger partial charge >= 0.3 is 0 Å². The molecule has 0 bridgehead atoms. The van der Waals surface area contributed by atoms with E-state index in [4.69, 9.17) is 4.18 Å². The van der Waals surface area contributed by atoms with Crippen molar-refractivity contribution in [3.05, 3.63) is 65.0 Å². The lowest BCUT2D eigenvalue weighted by Gasteiger charge is -2.18. The van der Waals surface area contributed by atoms with Crippen LogP contribution in [0.1, 0.15) is 12.0 Å². The minimum Gasteiger partial charge on any atom is -0.414 e. The van der Waals surface area contributed by atoms with Gasteiger partial charge in [-0.1, -0.05) is 30.3 Å². The molecule has 2 atom stereocenters. The predicted octanol–water partition coefficient (Wildman–Crippen LogP) is 3.61. The lowest BCUT2D eigenvalue weighted by atomic mass is 10.2. The van der Waals surface area contributed by atoms with Gasteiger partial charge in [-0.2, -0.15) is 0 Å². The second-order valence-corrected chi connectivity index (χ2v) is 5.71. The molecule has 0 aromatic heterocycles. The van der Waals surface area contributed by atoms with Crippen molar-refractivity contribution >= 4 is 22.3 Å². The Morgan fingerprint density at radius 1 is 0.955 bits per heavy atom. The summed E-state index contributed by atoms with van der Waals surface area (Å²) < 4.78 is 57.4. The molecule has 0 aliphatic heterocycles. The van der Waals surface area contributed by atoms with Gasteiger partial charge in [-0.05, 0) is 24.3 Å². The molecule has 0 N–H and O–H groups in total. The van der Waals surface area contributed by atoms with Crippen molar-refractivity contribution in [1.82, 2.24) is 0 Å². The first kappa shape index (κ1) is 16.7. The van der Waals surface area contributed by atoms with Crippen LogP contribution in [0.25, 0.3) is 4.89 Å². The number of hydrogen-bond acceptors (Lipinski definition) is 4. The third-order valence-electron chi connectivity index (χ3n) is 2.39. The van der Waals surface area contributed by atoms with E-state index in [9.17, 15) is 17.2 Å². The average molecular weight is 346 g/mol. The van der Waals surface area contributed by atoms with Crippen LogP contribution < -0.4 is 4.18 Å². The summed E-state index contributed by atoms with van der Waals surface area (Å²) in [5.41, 5.74) is -0.200. The van der Waals surface area contributed by atoms with Gasteiger partial charge < -0.3 is 13.4 Å². The van der Waals surface area contributed by atoms with Crippen molar-refractivity contribution in [3.8, 4) is 5.75 Å². The Bertz CT molecular complexity index is 653. The molecule has 0 saturated heterocycles. The van der Waals surface area contributed by atoms with E-state index in [1.807, 2.05) is 0 Å². The molecule has 0 aliphatic rings. The van der Waals surface area contributed by atoms with E-state index in [1.165, 1.54) is 12.1 Å². The highest BCUT2D eigenvalue weighted by atomic mass is 32.2. The van der Waals surface area contributed by atoms with Crippen LogP contribution in [0, 0.1) is 0 Å². The number of nitrogens with zero attached hydrogens (tertiary/aromatic N) is 1. The first-order chi connectivity index (χ1) is 10.6. The van der Waals surface area contributed by atoms with E-state index in [1.54, 1.807) is 30.3 Å². The van der Waals surface area contributed by atoms with E-state index in [2.05, 4.69) is 9.17 Å². The van der Waals surface area contributed by atoms with Crippen molar-refractivity contribution < 1.29 is 25.7 Å². The molecule has 0 spiro atoms. The summed E-state index contributed by atoms with van der Waals surface area (Å²) in [5, 5.41) is 0. The van der Waals surface area contributed by atoms with Crippen molar-refractivity contribution in [3.63, 3.8) is 0 Å². The van der Waals surface area contributed by atoms with E-state index in [0.717, 1.165) is 12.1 Å². The first-order valence-electron chi connectivity index (χ1n) is 5.90. The Morgan fingerprint density at radius 3 is 2.18 bits per heavy atom. The SMILES string of the molecule is O=S([N-]OS(=O)c1ccc(C(F)F)cc1)Oc1ccccc1. The van der Waals surface area contributed by atoms with Crippen molar-refractivity contribution in [2.45, 2.75) is 11.3 Å². The molecule has 0 fully saturated rings. The highest BCUT2D eigenvalue weighted by Gasteiger charge is 2.08. The number of benzene rings is 2. The topological polar surface area (TPSA) is 66.7 Å². The van der Waals surface area contributed by atoms with Gasteiger partial charge in [-0.3, -0.25) is 0 Å². The van der Waals surface area contributed by atoms with Gasteiger partial charge in [0.2, 0.25) is 0 Å². The number of hydrogen-bond donors (Lipinski definition) is 0. The molecule has 2 rings (SSSR count). The van der Waals surface area contributed by atoms with Crippen molar-refractivity contribution in [1.29, 1.82) is 0 Å². The maximum absolute atomic E-state index is 12.4. The molecule has 0 radical (unpaired) electrons. The molecular formula is C13H10F2NO4S2-. The number of rotatable bonds is 7. The second kappa shape index (κ2) is 8.08. The summed E-state index contributed by atoms with van der Waals surface area (Å²) in [6.07, 6.45) is -2.61. The van der Waals surface area contributed by atoms with Crippen LogP contribution in [0.3, 0.4) is 0 Å². The molecule has 2 aromatic carbocycles. The normalized spacial score (nSPS) is 13.8. The largest absolute Gasteiger partial charge is 0.414 e. The second-order valence-electron chi connectivity index (χ2n) is 3.87. The Labute approximate surface area is 130 Å². The monoisotopic (exact) mass is 346 g/mol. The molecule has 22 heavy (non-hydrogen) atoms. The molecule has 2 aromatic rings. The van der Waals surface area contributed by atoms with E-state index in [0.29, 0.717) is 5.75 Å². The Balaban J connectivity index is 1.85. The summed E-state index contributed by atoms with van der Waals surface area (Å²) in [5.74, 6) is 0.306. The average Bonchev–Trinajstić information content (AvgIpc) is 2.53. The number of para-hydroxylation sites is 1. The van der Waals surface area contributed by atoms with Gasteiger partial charge in [-0.25, -0.2) is 17.2 Å². The van der Waals surface area contributed by atoms with Crippen LogP contribution in [0.2, 0.25) is 0 Å². The van der Waals surface area contributed by atoms with Gasteiger partial charge in [0, 0.05) is 5.56 Å². The lowest BCUT2D eigenvalue weighted by molar-refractivity contribution is 0.151. The fourth-order valence-corrected chi connectivity index (χ4v) is 2.56. The third kappa shape index (κ3) is 4.95. The Morgan fingerprint density at radius 2 is 1.59 bits per heavy atom. The van der Waals surface area contributed by atoms with Gasteiger partial charge in [0.05, 0.1) is 4.90 Å². The van der Waals surface area contributed by atoms with Crippen LogP contribution in [0.15, 0.2) is 59.5 Å². The fraction of sp³-hybridized carbons (Fsp3) is 0.0769. The van der Waals surface area contributed by atoms with Crippen LogP contribution in [-0.2, 0) is 26.6 Å². The predicted molar refractivity (Wildman–Crippen MR) is 77.5 cm³/mol. The van der Waals surface area contributed by atoms with Crippen LogP contribution in [0.4, 0.5) is 8.78 Å². The first-order valence-corrected chi connectivity index (χ1v) is 8.00.